The van der Waals surface area contributed by atoms with Crippen LogP contribution in [0.5, 0.6) is 17.2 Å². The van der Waals surface area contributed by atoms with Crippen LogP contribution in [0.1, 0.15) is 5.82 Å². The first-order valence-electron chi connectivity index (χ1n) is 9.60. The molecule has 0 spiro atoms. The Bertz CT molecular complexity index is 1070. The van der Waals surface area contributed by atoms with Gasteiger partial charge in [-0.05, 0) is 36.4 Å². The molecule has 0 bridgehead atoms. The van der Waals surface area contributed by atoms with Gasteiger partial charge in [-0.1, -0.05) is 33.8 Å². The number of hydrogen-bond acceptors (Lipinski definition) is 7. The molecule has 3 rings (SSSR count). The van der Waals surface area contributed by atoms with Gasteiger partial charge in [0.15, 0.2) is 11.0 Å². The fraction of sp³-hybridized carbons (Fsp3) is 0.227. The molecule has 1 amide bonds. The van der Waals surface area contributed by atoms with E-state index in [1.165, 1.54) is 11.8 Å². The Morgan fingerprint density at radius 1 is 1.16 bits per heavy atom. The Morgan fingerprint density at radius 3 is 2.59 bits per heavy atom. The second kappa shape index (κ2) is 11.6. The molecule has 0 saturated heterocycles. The molecule has 8 nitrogen and oxygen atoms in total. The molecule has 0 aliphatic rings. The van der Waals surface area contributed by atoms with Crippen molar-refractivity contribution < 1.29 is 19.0 Å². The van der Waals surface area contributed by atoms with Gasteiger partial charge in [-0.2, -0.15) is 0 Å². The zero-order chi connectivity index (χ0) is 22.9. The molecule has 0 atom stereocenters. The van der Waals surface area contributed by atoms with Crippen LogP contribution in [0.3, 0.4) is 0 Å². The molecule has 1 aromatic heterocycles. The number of aromatic nitrogens is 3. The van der Waals surface area contributed by atoms with Crippen LogP contribution in [-0.4, -0.2) is 40.6 Å². The zero-order valence-electron chi connectivity index (χ0n) is 17.7. The Morgan fingerprint density at radius 2 is 1.91 bits per heavy atom. The van der Waals surface area contributed by atoms with Crippen LogP contribution in [0.4, 0.5) is 5.69 Å². The molecule has 10 heteroatoms. The first kappa shape index (κ1) is 23.7. The molecule has 0 aliphatic carbocycles. The average Bonchev–Trinajstić information content (AvgIpc) is 3.19. The van der Waals surface area contributed by atoms with Crippen molar-refractivity contribution in [3.8, 4) is 17.2 Å². The molecule has 0 unspecified atom stereocenters. The summed E-state index contributed by atoms with van der Waals surface area (Å²) in [6, 6.07) is 12.7. The monoisotopic (exact) mass is 518 g/mol. The summed E-state index contributed by atoms with van der Waals surface area (Å²) in [6.07, 6.45) is 1.75. The number of anilines is 1. The van der Waals surface area contributed by atoms with Gasteiger partial charge in [0.05, 0.1) is 25.7 Å². The minimum Gasteiger partial charge on any atom is -0.497 e. The lowest BCUT2D eigenvalue weighted by molar-refractivity contribution is -0.113. The van der Waals surface area contributed by atoms with Crippen molar-refractivity contribution in [2.24, 2.45) is 0 Å². The zero-order valence-corrected chi connectivity index (χ0v) is 20.1. The molecule has 2 aromatic carbocycles. The Balaban J connectivity index is 1.63. The third-order valence-electron chi connectivity index (χ3n) is 4.30. The van der Waals surface area contributed by atoms with Crippen LogP contribution in [0.25, 0.3) is 0 Å². The van der Waals surface area contributed by atoms with Crippen molar-refractivity contribution in [2.75, 3.05) is 25.3 Å². The molecular formula is C22H23BrN4O4S. The number of nitrogens with one attached hydrogen (secondary N) is 1. The lowest BCUT2D eigenvalue weighted by Gasteiger charge is -2.12. The number of amides is 1. The highest BCUT2D eigenvalue weighted by Gasteiger charge is 2.15. The van der Waals surface area contributed by atoms with Gasteiger partial charge in [-0.15, -0.1) is 16.8 Å². The summed E-state index contributed by atoms with van der Waals surface area (Å²) in [5.74, 6) is 2.47. The maximum Gasteiger partial charge on any atom is 0.234 e. The van der Waals surface area contributed by atoms with Gasteiger partial charge in [0, 0.05) is 17.1 Å². The number of carbonyl (C=O) groups is 1. The van der Waals surface area contributed by atoms with Gasteiger partial charge in [0.2, 0.25) is 5.91 Å². The second-order valence-corrected chi connectivity index (χ2v) is 8.30. The fourth-order valence-corrected chi connectivity index (χ4v) is 3.78. The highest BCUT2D eigenvalue weighted by atomic mass is 79.9. The maximum atomic E-state index is 12.5. The van der Waals surface area contributed by atoms with E-state index in [4.69, 9.17) is 14.2 Å². The van der Waals surface area contributed by atoms with Gasteiger partial charge < -0.3 is 19.5 Å². The average molecular weight is 519 g/mol. The van der Waals surface area contributed by atoms with Crippen molar-refractivity contribution in [3.05, 3.63) is 65.4 Å². The first-order chi connectivity index (χ1) is 15.5. The van der Waals surface area contributed by atoms with Gasteiger partial charge in [0.1, 0.15) is 23.9 Å². The molecule has 3 aromatic rings. The van der Waals surface area contributed by atoms with E-state index in [9.17, 15) is 4.79 Å². The number of halogens is 1. The van der Waals surface area contributed by atoms with Crippen molar-refractivity contribution in [1.29, 1.82) is 0 Å². The minimum atomic E-state index is -0.206. The molecular weight excluding hydrogens is 496 g/mol. The van der Waals surface area contributed by atoms with Gasteiger partial charge in [0.25, 0.3) is 0 Å². The van der Waals surface area contributed by atoms with E-state index >= 15 is 0 Å². The largest absolute Gasteiger partial charge is 0.497 e. The predicted molar refractivity (Wildman–Crippen MR) is 128 cm³/mol. The number of allylic oxidation sites excluding steroid dienone is 1. The van der Waals surface area contributed by atoms with E-state index in [0.29, 0.717) is 34.7 Å². The van der Waals surface area contributed by atoms with E-state index in [1.54, 1.807) is 38.5 Å². The highest BCUT2D eigenvalue weighted by molar-refractivity contribution is 9.10. The normalized spacial score (nSPS) is 10.5. The Hall–Kier alpha value is -2.98. The van der Waals surface area contributed by atoms with Crippen molar-refractivity contribution in [3.63, 3.8) is 0 Å². The molecule has 0 fully saturated rings. The summed E-state index contributed by atoms with van der Waals surface area (Å²) in [6.45, 7) is 4.54. The van der Waals surface area contributed by atoms with Gasteiger partial charge in [-0.25, -0.2) is 0 Å². The highest BCUT2D eigenvalue weighted by Crippen LogP contribution is 2.29. The second-order valence-electron chi connectivity index (χ2n) is 6.44. The summed E-state index contributed by atoms with van der Waals surface area (Å²) in [4.78, 5) is 12.5. The summed E-state index contributed by atoms with van der Waals surface area (Å²) < 4.78 is 19.2. The molecule has 1 N–H and O–H groups in total. The predicted octanol–water partition coefficient (Wildman–Crippen LogP) is 4.55. The summed E-state index contributed by atoms with van der Waals surface area (Å²) in [5.41, 5.74) is 0.536. The first-order valence-corrected chi connectivity index (χ1v) is 11.4. The lowest BCUT2D eigenvalue weighted by atomic mass is 10.2. The molecule has 1 heterocycles. The van der Waals surface area contributed by atoms with E-state index in [1.807, 2.05) is 28.8 Å². The number of hydrogen-bond donors (Lipinski definition) is 1. The van der Waals surface area contributed by atoms with Crippen LogP contribution < -0.4 is 19.5 Å². The van der Waals surface area contributed by atoms with E-state index < -0.39 is 0 Å². The SMILES string of the molecule is C=CCn1c(COc2ccc(Br)cc2)nnc1SCC(=O)Nc1cc(OC)ccc1OC. The third kappa shape index (κ3) is 6.27. The van der Waals surface area contributed by atoms with E-state index in [0.717, 1.165) is 10.2 Å². The maximum absolute atomic E-state index is 12.5. The number of ether oxygens (including phenoxy) is 3. The van der Waals surface area contributed by atoms with E-state index in [-0.39, 0.29) is 18.3 Å². The van der Waals surface area contributed by atoms with Crippen molar-refractivity contribution in [1.82, 2.24) is 14.8 Å². The minimum absolute atomic E-state index is 0.142. The van der Waals surface area contributed by atoms with Crippen molar-refractivity contribution in [2.45, 2.75) is 18.3 Å². The summed E-state index contributed by atoms with van der Waals surface area (Å²) >= 11 is 4.68. The number of methoxy groups -OCH3 is 2. The molecule has 0 saturated carbocycles. The molecule has 32 heavy (non-hydrogen) atoms. The van der Waals surface area contributed by atoms with Crippen LogP contribution >= 0.6 is 27.7 Å². The molecule has 0 aliphatic heterocycles. The number of thioether (sulfide) groups is 1. The van der Waals surface area contributed by atoms with E-state index in [2.05, 4.69) is 38.0 Å². The number of rotatable bonds is 11. The summed E-state index contributed by atoms with van der Waals surface area (Å²) in [7, 11) is 3.11. The van der Waals surface area contributed by atoms with Crippen LogP contribution in [0.15, 0.2) is 64.7 Å². The number of nitrogens with zero attached hydrogens (tertiary/aromatic N) is 3. The Kier molecular flexibility index (Phi) is 8.57. The Labute approximate surface area is 199 Å². The fourth-order valence-electron chi connectivity index (χ4n) is 2.75. The van der Waals surface area contributed by atoms with Crippen LogP contribution in [0, 0.1) is 0 Å². The topological polar surface area (TPSA) is 87.5 Å². The van der Waals surface area contributed by atoms with Crippen LogP contribution in [-0.2, 0) is 17.9 Å². The number of benzene rings is 2. The molecule has 0 radical (unpaired) electrons. The summed E-state index contributed by atoms with van der Waals surface area (Å²) in [5, 5.41) is 11.9. The lowest BCUT2D eigenvalue weighted by Crippen LogP contribution is -2.15. The van der Waals surface area contributed by atoms with Gasteiger partial charge in [-0.3, -0.25) is 9.36 Å². The standard InChI is InChI=1S/C22H23BrN4O4S/c1-4-11-27-20(13-31-16-7-5-15(23)6-8-16)25-26-22(27)32-14-21(28)24-18-12-17(29-2)9-10-19(18)30-3/h4-10,12H,1,11,13-14H2,2-3H3,(H,24,28). The van der Waals surface area contributed by atoms with Crippen molar-refractivity contribution >= 4 is 39.3 Å². The number of carbonyl (C=O) groups excluding carboxylic acids is 1. The van der Waals surface area contributed by atoms with Gasteiger partial charge >= 0.3 is 0 Å². The quantitative estimate of drug-likeness (QED) is 0.294. The molecule has 168 valence electrons. The smallest absolute Gasteiger partial charge is 0.234 e. The van der Waals surface area contributed by atoms with Crippen LogP contribution in [0.2, 0.25) is 0 Å². The third-order valence-corrected chi connectivity index (χ3v) is 5.80.